The predicted molar refractivity (Wildman–Crippen MR) is 95.4 cm³/mol. The van der Waals surface area contributed by atoms with Gasteiger partial charge in [-0.2, -0.15) is 0 Å². The third-order valence-corrected chi connectivity index (χ3v) is 3.52. The Bertz CT molecular complexity index is 713. The summed E-state index contributed by atoms with van der Waals surface area (Å²) in [7, 11) is 0. The fourth-order valence-electron chi connectivity index (χ4n) is 2.49. The molecule has 1 N–H and O–H groups in total. The van der Waals surface area contributed by atoms with Gasteiger partial charge in [-0.1, -0.05) is 42.5 Å². The molecule has 2 aromatic rings. The maximum Gasteiger partial charge on any atom is 0.323 e. The van der Waals surface area contributed by atoms with Crippen LogP contribution >= 0.6 is 0 Å². The minimum Gasteiger partial charge on any atom is -0.491 e. The zero-order valence-corrected chi connectivity index (χ0v) is 14.5. The van der Waals surface area contributed by atoms with Gasteiger partial charge in [-0.3, -0.25) is 9.59 Å². The molecule has 0 unspecified atom stereocenters. The number of hydrogen-bond acceptors (Lipinski definition) is 3. The summed E-state index contributed by atoms with van der Waals surface area (Å²) in [4.78, 5) is 25.1. The molecular weight excluding hydrogens is 318 g/mol. The van der Waals surface area contributed by atoms with Crippen LogP contribution in [0, 0.1) is 0 Å². The first kappa shape index (κ1) is 18.5. The lowest BCUT2D eigenvalue weighted by Gasteiger charge is -2.21. The van der Waals surface area contributed by atoms with E-state index in [-0.39, 0.29) is 31.5 Å². The number of amides is 1. The Hall–Kier alpha value is -2.82. The number of benzene rings is 2. The highest BCUT2D eigenvalue weighted by molar-refractivity contribution is 5.83. The topological polar surface area (TPSA) is 66.8 Å². The summed E-state index contributed by atoms with van der Waals surface area (Å²) in [5, 5.41) is 9.11. The van der Waals surface area contributed by atoms with E-state index in [1.54, 1.807) is 0 Å². The number of rotatable bonds is 8. The molecule has 2 aromatic carbocycles. The Morgan fingerprint density at radius 1 is 1.04 bits per heavy atom. The molecule has 0 fully saturated rings. The molecule has 0 aromatic heterocycles. The molecule has 0 bridgehead atoms. The molecule has 0 spiro atoms. The molecule has 0 aliphatic rings. The smallest absolute Gasteiger partial charge is 0.323 e. The van der Waals surface area contributed by atoms with Crippen LogP contribution in [0.4, 0.5) is 0 Å². The first-order chi connectivity index (χ1) is 11.9. The van der Waals surface area contributed by atoms with Gasteiger partial charge in [0.1, 0.15) is 12.3 Å². The monoisotopic (exact) mass is 341 g/mol. The van der Waals surface area contributed by atoms with Gasteiger partial charge in [0.25, 0.3) is 0 Å². The quantitative estimate of drug-likeness (QED) is 0.801. The molecule has 5 heteroatoms. The van der Waals surface area contributed by atoms with Crippen LogP contribution in [-0.4, -0.2) is 34.5 Å². The lowest BCUT2D eigenvalue weighted by Crippen LogP contribution is -2.36. The number of aliphatic carboxylic acids is 1. The second kappa shape index (κ2) is 8.87. The van der Waals surface area contributed by atoms with E-state index in [1.807, 2.05) is 68.4 Å². The van der Waals surface area contributed by atoms with Gasteiger partial charge in [0, 0.05) is 6.54 Å². The Balaban J connectivity index is 2.09. The highest BCUT2D eigenvalue weighted by atomic mass is 16.5. The summed E-state index contributed by atoms with van der Waals surface area (Å²) >= 11 is 0. The first-order valence-electron chi connectivity index (χ1n) is 8.23. The molecule has 0 saturated heterocycles. The van der Waals surface area contributed by atoms with Crippen molar-refractivity contribution in [1.82, 2.24) is 4.90 Å². The molecule has 25 heavy (non-hydrogen) atoms. The zero-order chi connectivity index (χ0) is 18.2. The second-order valence-corrected chi connectivity index (χ2v) is 6.12. The maximum atomic E-state index is 12.6. The van der Waals surface area contributed by atoms with E-state index in [9.17, 15) is 9.59 Å². The van der Waals surface area contributed by atoms with Crippen LogP contribution in [0.25, 0.3) is 0 Å². The molecule has 0 aliphatic heterocycles. The van der Waals surface area contributed by atoms with Crippen LogP contribution in [0.2, 0.25) is 0 Å². The number of carbonyl (C=O) groups is 2. The molecule has 0 saturated carbocycles. The fraction of sp³-hybridized carbons (Fsp3) is 0.300. The number of nitrogens with zero attached hydrogens (tertiary/aromatic N) is 1. The lowest BCUT2D eigenvalue weighted by atomic mass is 10.1. The van der Waals surface area contributed by atoms with E-state index in [1.165, 1.54) is 4.90 Å². The van der Waals surface area contributed by atoms with Crippen molar-refractivity contribution in [3.05, 3.63) is 65.7 Å². The van der Waals surface area contributed by atoms with Crippen molar-refractivity contribution >= 4 is 11.9 Å². The first-order valence-corrected chi connectivity index (χ1v) is 8.23. The fourth-order valence-corrected chi connectivity index (χ4v) is 2.49. The lowest BCUT2D eigenvalue weighted by molar-refractivity contribution is -0.144. The van der Waals surface area contributed by atoms with Crippen molar-refractivity contribution in [2.75, 3.05) is 6.54 Å². The van der Waals surface area contributed by atoms with Gasteiger partial charge in [-0.15, -0.1) is 0 Å². The molecule has 0 radical (unpaired) electrons. The summed E-state index contributed by atoms with van der Waals surface area (Å²) in [6.07, 6.45) is 0.183. The summed E-state index contributed by atoms with van der Waals surface area (Å²) in [6.45, 7) is 3.82. The summed E-state index contributed by atoms with van der Waals surface area (Å²) in [5.74, 6) is -0.553. The third-order valence-electron chi connectivity index (χ3n) is 3.52. The average molecular weight is 341 g/mol. The van der Waals surface area contributed by atoms with Crippen LogP contribution in [0.5, 0.6) is 5.75 Å². The number of carboxylic acids is 1. The van der Waals surface area contributed by atoms with Crippen molar-refractivity contribution in [3.8, 4) is 5.75 Å². The van der Waals surface area contributed by atoms with Crippen LogP contribution < -0.4 is 4.74 Å². The van der Waals surface area contributed by atoms with Gasteiger partial charge in [-0.25, -0.2) is 0 Å². The predicted octanol–water partition coefficient (Wildman–Crippen LogP) is 3.13. The van der Waals surface area contributed by atoms with Crippen LogP contribution in [0.3, 0.4) is 0 Å². The van der Waals surface area contributed by atoms with Gasteiger partial charge in [0.15, 0.2) is 0 Å². The molecule has 1 amide bonds. The van der Waals surface area contributed by atoms with E-state index in [0.29, 0.717) is 5.75 Å². The Kier molecular flexibility index (Phi) is 6.57. The minimum absolute atomic E-state index is 0.0486. The van der Waals surface area contributed by atoms with E-state index < -0.39 is 5.97 Å². The van der Waals surface area contributed by atoms with Crippen LogP contribution in [-0.2, 0) is 22.6 Å². The summed E-state index contributed by atoms with van der Waals surface area (Å²) in [5.41, 5.74) is 1.69. The number of carboxylic acid groups (broad SMARTS) is 1. The van der Waals surface area contributed by atoms with Crippen molar-refractivity contribution < 1.29 is 19.4 Å². The van der Waals surface area contributed by atoms with Gasteiger partial charge >= 0.3 is 5.97 Å². The minimum atomic E-state index is -1.03. The van der Waals surface area contributed by atoms with Gasteiger partial charge in [-0.05, 0) is 37.1 Å². The van der Waals surface area contributed by atoms with E-state index in [2.05, 4.69) is 0 Å². The van der Waals surface area contributed by atoms with Crippen molar-refractivity contribution in [1.29, 1.82) is 0 Å². The van der Waals surface area contributed by atoms with E-state index >= 15 is 0 Å². The summed E-state index contributed by atoms with van der Waals surface area (Å²) in [6, 6.07) is 16.7. The molecule has 5 nitrogen and oxygen atoms in total. The Labute approximate surface area is 147 Å². The second-order valence-electron chi connectivity index (χ2n) is 6.12. The van der Waals surface area contributed by atoms with Crippen molar-refractivity contribution in [2.24, 2.45) is 0 Å². The highest BCUT2D eigenvalue weighted by Gasteiger charge is 2.18. The maximum absolute atomic E-state index is 12.6. The molecule has 0 atom stereocenters. The average Bonchev–Trinajstić information content (AvgIpc) is 2.54. The molecule has 0 heterocycles. The van der Waals surface area contributed by atoms with Crippen molar-refractivity contribution in [3.63, 3.8) is 0 Å². The van der Waals surface area contributed by atoms with Gasteiger partial charge < -0.3 is 14.7 Å². The largest absolute Gasteiger partial charge is 0.491 e. The molecule has 0 aliphatic carbocycles. The Morgan fingerprint density at radius 2 is 1.72 bits per heavy atom. The number of carbonyl (C=O) groups excluding carboxylic acids is 1. The molecule has 2 rings (SSSR count). The zero-order valence-electron chi connectivity index (χ0n) is 14.5. The molecule has 132 valence electrons. The van der Waals surface area contributed by atoms with Crippen LogP contribution in [0.1, 0.15) is 25.0 Å². The Morgan fingerprint density at radius 3 is 2.36 bits per heavy atom. The van der Waals surface area contributed by atoms with Gasteiger partial charge in [0.2, 0.25) is 5.91 Å². The van der Waals surface area contributed by atoms with E-state index in [4.69, 9.17) is 9.84 Å². The normalized spacial score (nSPS) is 10.5. The molecular formula is C20H23NO4. The SMILES string of the molecule is CC(C)Oc1cccc(CC(=O)N(CC(=O)O)Cc2ccccc2)c1. The van der Waals surface area contributed by atoms with E-state index in [0.717, 1.165) is 11.1 Å². The van der Waals surface area contributed by atoms with Crippen molar-refractivity contribution in [2.45, 2.75) is 32.9 Å². The summed E-state index contributed by atoms with van der Waals surface area (Å²) < 4.78 is 5.64. The number of hydrogen-bond donors (Lipinski definition) is 1. The third kappa shape index (κ3) is 6.30. The highest BCUT2D eigenvalue weighted by Crippen LogP contribution is 2.16. The van der Waals surface area contributed by atoms with Crippen LogP contribution in [0.15, 0.2) is 54.6 Å². The standard InChI is InChI=1S/C20H23NO4/c1-15(2)25-18-10-6-9-17(11-18)12-19(22)21(14-20(23)24)13-16-7-4-3-5-8-16/h3-11,15H,12-14H2,1-2H3,(H,23,24). The number of ether oxygens (including phenoxy) is 1. The van der Waals surface area contributed by atoms with Gasteiger partial charge in [0.05, 0.1) is 12.5 Å².